The third-order valence-corrected chi connectivity index (χ3v) is 4.50. The van der Waals surface area contributed by atoms with Crippen molar-refractivity contribution in [3.63, 3.8) is 0 Å². The smallest absolute Gasteiger partial charge is 0.318 e. The molecule has 0 spiro atoms. The first-order valence-electron chi connectivity index (χ1n) is 7.21. The summed E-state index contributed by atoms with van der Waals surface area (Å²) in [5.74, 6) is 0.0473. The van der Waals surface area contributed by atoms with Gasteiger partial charge in [-0.3, -0.25) is 9.36 Å². The molecular formula is C18H11ClN2O2S. The molecule has 0 aliphatic rings. The summed E-state index contributed by atoms with van der Waals surface area (Å²) in [5.41, 5.74) is 1.78. The molecule has 0 bridgehead atoms. The summed E-state index contributed by atoms with van der Waals surface area (Å²) in [5, 5.41) is 3.12. The maximum atomic E-state index is 12.9. The van der Waals surface area contributed by atoms with Crippen LogP contribution in [0.1, 0.15) is 0 Å². The Morgan fingerprint density at radius 1 is 1.00 bits per heavy atom. The van der Waals surface area contributed by atoms with Gasteiger partial charge in [-0.15, -0.1) is 11.3 Å². The molecule has 0 amide bonds. The molecule has 2 heterocycles. The summed E-state index contributed by atoms with van der Waals surface area (Å²) < 4.78 is 7.28. The number of halogens is 1. The van der Waals surface area contributed by atoms with Gasteiger partial charge in [0, 0.05) is 10.7 Å². The summed E-state index contributed by atoms with van der Waals surface area (Å²) in [6.07, 6.45) is 0. The van der Waals surface area contributed by atoms with Gasteiger partial charge in [0.05, 0.1) is 11.0 Å². The van der Waals surface area contributed by atoms with Crippen molar-refractivity contribution >= 4 is 34.0 Å². The standard InChI is InChI=1S/C18H11ClN2O2S/c19-12-7-9-13(10-8-12)21-15-5-2-1-4-14(15)20-17(18(21)22)23-16-6-3-11-24-16/h1-11H. The molecule has 0 N–H and O–H groups in total. The summed E-state index contributed by atoms with van der Waals surface area (Å²) in [6.45, 7) is 0. The largest absolute Gasteiger partial charge is 0.424 e. The molecule has 0 aliphatic heterocycles. The highest BCUT2D eigenvalue weighted by molar-refractivity contribution is 7.11. The van der Waals surface area contributed by atoms with E-state index in [0.29, 0.717) is 26.8 Å². The highest BCUT2D eigenvalue weighted by Gasteiger charge is 2.14. The SMILES string of the molecule is O=c1c(Oc2cccs2)nc2ccccc2n1-c1ccc(Cl)cc1. The Labute approximate surface area is 146 Å². The summed E-state index contributed by atoms with van der Waals surface area (Å²) in [7, 11) is 0. The van der Waals surface area contributed by atoms with Gasteiger partial charge in [0.1, 0.15) is 0 Å². The lowest BCUT2D eigenvalue weighted by atomic mass is 10.2. The molecule has 6 heteroatoms. The molecule has 0 unspecified atom stereocenters. The zero-order valence-corrected chi connectivity index (χ0v) is 13.9. The third kappa shape index (κ3) is 2.68. The lowest BCUT2D eigenvalue weighted by Crippen LogP contribution is -2.21. The van der Waals surface area contributed by atoms with Crippen LogP contribution in [0, 0.1) is 0 Å². The molecule has 2 aromatic heterocycles. The molecular weight excluding hydrogens is 344 g/mol. The number of hydrogen-bond acceptors (Lipinski definition) is 4. The number of hydrogen-bond donors (Lipinski definition) is 0. The minimum atomic E-state index is -0.315. The van der Waals surface area contributed by atoms with Gasteiger partial charge in [-0.05, 0) is 53.9 Å². The van der Waals surface area contributed by atoms with E-state index in [0.717, 1.165) is 0 Å². The second kappa shape index (κ2) is 6.11. The van der Waals surface area contributed by atoms with Crippen molar-refractivity contribution in [2.45, 2.75) is 0 Å². The van der Waals surface area contributed by atoms with Crippen molar-refractivity contribution in [2.24, 2.45) is 0 Å². The lowest BCUT2D eigenvalue weighted by Gasteiger charge is -2.12. The normalized spacial score (nSPS) is 10.9. The monoisotopic (exact) mass is 354 g/mol. The number of para-hydroxylation sites is 2. The molecule has 0 saturated carbocycles. The first-order chi connectivity index (χ1) is 11.7. The number of thiophene rings is 1. The zero-order chi connectivity index (χ0) is 16.5. The van der Waals surface area contributed by atoms with E-state index in [2.05, 4.69) is 4.98 Å². The van der Waals surface area contributed by atoms with Gasteiger partial charge >= 0.3 is 5.56 Å². The van der Waals surface area contributed by atoms with Crippen LogP contribution in [-0.4, -0.2) is 9.55 Å². The first kappa shape index (κ1) is 14.9. The van der Waals surface area contributed by atoms with Gasteiger partial charge in [-0.25, -0.2) is 4.98 Å². The highest BCUT2D eigenvalue weighted by atomic mass is 35.5. The zero-order valence-electron chi connectivity index (χ0n) is 12.3. The predicted molar refractivity (Wildman–Crippen MR) is 96.7 cm³/mol. The quantitative estimate of drug-likeness (QED) is 0.526. The van der Waals surface area contributed by atoms with Crippen molar-refractivity contribution in [3.05, 3.63) is 81.4 Å². The molecule has 118 valence electrons. The van der Waals surface area contributed by atoms with Crippen LogP contribution in [0.2, 0.25) is 5.02 Å². The van der Waals surface area contributed by atoms with E-state index < -0.39 is 0 Å². The van der Waals surface area contributed by atoms with E-state index >= 15 is 0 Å². The Morgan fingerprint density at radius 3 is 2.54 bits per heavy atom. The van der Waals surface area contributed by atoms with Crippen LogP contribution in [-0.2, 0) is 0 Å². The average Bonchev–Trinajstić information content (AvgIpc) is 3.10. The fourth-order valence-corrected chi connectivity index (χ4v) is 3.14. The van der Waals surface area contributed by atoms with Gasteiger partial charge in [0.15, 0.2) is 5.06 Å². The molecule has 0 radical (unpaired) electrons. The van der Waals surface area contributed by atoms with Crippen LogP contribution >= 0.6 is 22.9 Å². The molecule has 4 aromatic rings. The van der Waals surface area contributed by atoms with Crippen molar-refractivity contribution in [1.29, 1.82) is 0 Å². The Kier molecular flexibility index (Phi) is 3.80. The van der Waals surface area contributed by atoms with Crippen LogP contribution in [0.5, 0.6) is 10.9 Å². The molecule has 0 saturated heterocycles. The van der Waals surface area contributed by atoms with Crippen LogP contribution in [0.15, 0.2) is 70.8 Å². The van der Waals surface area contributed by atoms with Crippen LogP contribution < -0.4 is 10.3 Å². The van der Waals surface area contributed by atoms with E-state index in [4.69, 9.17) is 16.3 Å². The molecule has 4 rings (SSSR count). The highest BCUT2D eigenvalue weighted by Crippen LogP contribution is 2.25. The maximum Gasteiger partial charge on any atom is 0.318 e. The molecule has 0 fully saturated rings. The second-order valence-corrected chi connectivity index (χ2v) is 6.40. The summed E-state index contributed by atoms with van der Waals surface area (Å²) >= 11 is 7.37. The lowest BCUT2D eigenvalue weighted by molar-refractivity contribution is 0.467. The van der Waals surface area contributed by atoms with Gasteiger partial charge < -0.3 is 4.74 Å². The third-order valence-electron chi connectivity index (χ3n) is 3.51. The minimum absolute atomic E-state index is 0.0473. The molecule has 2 aromatic carbocycles. The average molecular weight is 355 g/mol. The Hall–Kier alpha value is -2.63. The number of aromatic nitrogens is 2. The van der Waals surface area contributed by atoms with E-state index in [1.807, 2.05) is 35.7 Å². The topological polar surface area (TPSA) is 44.1 Å². The van der Waals surface area contributed by atoms with Gasteiger partial charge in [-0.2, -0.15) is 0 Å². The molecule has 4 nitrogen and oxygen atoms in total. The van der Waals surface area contributed by atoms with Gasteiger partial charge in [0.2, 0.25) is 0 Å². The first-order valence-corrected chi connectivity index (χ1v) is 8.47. The summed E-state index contributed by atoms with van der Waals surface area (Å²) in [6, 6.07) is 18.2. The Bertz CT molecular complexity index is 1060. The summed E-state index contributed by atoms with van der Waals surface area (Å²) in [4.78, 5) is 17.3. The fraction of sp³-hybridized carbons (Fsp3) is 0. The van der Waals surface area contributed by atoms with E-state index in [1.165, 1.54) is 11.3 Å². The van der Waals surface area contributed by atoms with E-state index in [9.17, 15) is 4.79 Å². The number of fused-ring (bicyclic) bond motifs is 1. The van der Waals surface area contributed by atoms with Crippen molar-refractivity contribution in [1.82, 2.24) is 9.55 Å². The number of benzene rings is 2. The Morgan fingerprint density at radius 2 is 1.79 bits per heavy atom. The number of rotatable bonds is 3. The van der Waals surface area contributed by atoms with Gasteiger partial charge in [0.25, 0.3) is 5.88 Å². The number of ether oxygens (including phenoxy) is 1. The maximum absolute atomic E-state index is 12.9. The van der Waals surface area contributed by atoms with Gasteiger partial charge in [-0.1, -0.05) is 23.7 Å². The molecule has 0 atom stereocenters. The van der Waals surface area contributed by atoms with E-state index in [-0.39, 0.29) is 11.4 Å². The predicted octanol–water partition coefficient (Wildman–Crippen LogP) is 4.89. The number of nitrogens with zero attached hydrogens (tertiary/aromatic N) is 2. The minimum Gasteiger partial charge on any atom is -0.424 e. The van der Waals surface area contributed by atoms with Crippen LogP contribution in [0.3, 0.4) is 0 Å². The van der Waals surface area contributed by atoms with Crippen molar-refractivity contribution in [2.75, 3.05) is 0 Å². The second-order valence-electron chi connectivity index (χ2n) is 5.06. The van der Waals surface area contributed by atoms with Crippen LogP contribution in [0.4, 0.5) is 0 Å². The Balaban J connectivity index is 1.97. The van der Waals surface area contributed by atoms with Crippen molar-refractivity contribution in [3.8, 4) is 16.6 Å². The molecule has 0 aliphatic carbocycles. The molecule has 24 heavy (non-hydrogen) atoms. The van der Waals surface area contributed by atoms with Crippen molar-refractivity contribution < 1.29 is 4.74 Å². The fourth-order valence-electron chi connectivity index (χ4n) is 2.44. The van der Waals surface area contributed by atoms with Crippen LogP contribution in [0.25, 0.3) is 16.7 Å². The van der Waals surface area contributed by atoms with E-state index in [1.54, 1.807) is 34.9 Å².